The summed E-state index contributed by atoms with van der Waals surface area (Å²) in [7, 11) is 1.56. The van der Waals surface area contributed by atoms with E-state index < -0.39 is 0 Å². The zero-order valence-corrected chi connectivity index (χ0v) is 16.6. The molecule has 1 amide bonds. The van der Waals surface area contributed by atoms with E-state index in [1.807, 2.05) is 0 Å². The Labute approximate surface area is 157 Å². The van der Waals surface area contributed by atoms with Crippen LogP contribution in [0.1, 0.15) is 24.2 Å². The summed E-state index contributed by atoms with van der Waals surface area (Å²) in [6.07, 6.45) is 0. The van der Waals surface area contributed by atoms with Gasteiger partial charge in [-0.2, -0.15) is 0 Å². The molecule has 1 aromatic carbocycles. The number of hydrogen-bond acceptors (Lipinski definition) is 6. The van der Waals surface area contributed by atoms with Gasteiger partial charge in [0.05, 0.1) is 24.9 Å². The zero-order valence-electron chi connectivity index (χ0n) is 15.0. The van der Waals surface area contributed by atoms with Crippen LogP contribution in [0.3, 0.4) is 0 Å². The van der Waals surface area contributed by atoms with E-state index in [0.29, 0.717) is 17.9 Å². The molecule has 1 heterocycles. The van der Waals surface area contributed by atoms with Crippen LogP contribution < -0.4 is 20.7 Å². The molecule has 7 nitrogen and oxygen atoms in total. The van der Waals surface area contributed by atoms with Crippen molar-refractivity contribution in [1.82, 2.24) is 15.5 Å². The van der Waals surface area contributed by atoms with Crippen LogP contribution >= 0.6 is 15.9 Å². The van der Waals surface area contributed by atoms with Crippen molar-refractivity contribution in [1.29, 1.82) is 0 Å². The number of hydrogen-bond donors (Lipinski definition) is 3. The van der Waals surface area contributed by atoms with E-state index in [0.717, 1.165) is 48.8 Å². The Bertz CT molecular complexity index is 632. The van der Waals surface area contributed by atoms with Crippen molar-refractivity contribution in [3.63, 3.8) is 0 Å². The molecule has 0 bridgehead atoms. The van der Waals surface area contributed by atoms with Gasteiger partial charge in [0.25, 0.3) is 5.91 Å². The Morgan fingerprint density at radius 2 is 2.16 bits per heavy atom. The number of aliphatic imine (C=N–C) groups is 1. The molecular weight excluding hydrogens is 386 g/mol. The van der Waals surface area contributed by atoms with Crippen LogP contribution in [0, 0.1) is 0 Å². The first-order valence-electron chi connectivity index (χ1n) is 8.52. The first-order chi connectivity index (χ1) is 12.1. The molecule has 0 radical (unpaired) electrons. The Hall–Kier alpha value is -1.80. The Balaban J connectivity index is 2.06. The highest BCUT2D eigenvalue weighted by atomic mass is 79.9. The summed E-state index contributed by atoms with van der Waals surface area (Å²) in [5.74, 6) is 1.09. The normalized spacial score (nSPS) is 13.4. The number of nitrogens with one attached hydrogen (secondary N) is 3. The molecule has 138 valence electrons. The Kier molecular flexibility index (Phi) is 7.52. The lowest BCUT2D eigenvalue weighted by Gasteiger charge is -2.18. The van der Waals surface area contributed by atoms with Gasteiger partial charge in [-0.1, -0.05) is 13.8 Å². The van der Waals surface area contributed by atoms with Gasteiger partial charge >= 0.3 is 0 Å². The van der Waals surface area contributed by atoms with Gasteiger partial charge in [0.2, 0.25) is 0 Å². The lowest BCUT2D eigenvalue weighted by molar-refractivity contribution is 0.0946. The molecule has 0 fully saturated rings. The zero-order chi connectivity index (χ0) is 18.2. The second-order valence-corrected chi connectivity index (χ2v) is 6.45. The largest absolute Gasteiger partial charge is 0.496 e. The minimum absolute atomic E-state index is 0.146. The molecule has 2 rings (SSSR count). The van der Waals surface area contributed by atoms with Crippen molar-refractivity contribution < 1.29 is 9.53 Å². The van der Waals surface area contributed by atoms with E-state index in [4.69, 9.17) is 4.74 Å². The number of methoxy groups -OCH3 is 1. The molecule has 3 N–H and O–H groups in total. The van der Waals surface area contributed by atoms with Gasteiger partial charge < -0.3 is 25.6 Å². The summed E-state index contributed by atoms with van der Waals surface area (Å²) >= 11 is 3.51. The summed E-state index contributed by atoms with van der Waals surface area (Å²) in [6, 6.07) is 3.56. The number of likely N-dealkylation sites (N-methyl/N-ethyl adjacent to an activating group) is 1. The molecule has 0 atom stereocenters. The summed E-state index contributed by atoms with van der Waals surface area (Å²) in [5.41, 5.74) is 1.30. The number of carbonyl (C=O) groups excluding carboxylic acids is 1. The van der Waals surface area contributed by atoms with Gasteiger partial charge in [0.15, 0.2) is 5.96 Å². The smallest absolute Gasteiger partial charge is 0.255 e. The van der Waals surface area contributed by atoms with Crippen molar-refractivity contribution in [2.24, 2.45) is 4.99 Å². The van der Waals surface area contributed by atoms with Crippen LogP contribution in [-0.2, 0) is 0 Å². The number of halogens is 1. The third-order valence-corrected chi connectivity index (χ3v) is 4.73. The number of guanidine groups is 1. The number of ether oxygens (including phenoxy) is 1. The maximum absolute atomic E-state index is 12.5. The van der Waals surface area contributed by atoms with Gasteiger partial charge in [-0.05, 0) is 35.1 Å². The highest BCUT2D eigenvalue weighted by Crippen LogP contribution is 2.31. The molecule has 0 aromatic heterocycles. The predicted octanol–water partition coefficient (Wildman–Crippen LogP) is 1.90. The number of amides is 1. The van der Waals surface area contributed by atoms with Gasteiger partial charge in [-0.25, -0.2) is 0 Å². The van der Waals surface area contributed by atoms with Crippen molar-refractivity contribution in [2.75, 3.05) is 51.7 Å². The standard InChI is InChI=1S/C17H26BrN5O2/c1-4-23(5-2)9-8-19-16(24)12-10-13(18)14(11-15(12)25-3)22-17-20-6-7-21-17/h10-11H,4-9H2,1-3H3,(H,19,24)(H2,20,21,22). The molecule has 8 heteroatoms. The maximum Gasteiger partial charge on any atom is 0.255 e. The van der Waals surface area contributed by atoms with Crippen molar-refractivity contribution in [3.8, 4) is 5.75 Å². The molecule has 0 saturated carbocycles. The first-order valence-corrected chi connectivity index (χ1v) is 9.31. The van der Waals surface area contributed by atoms with Crippen LogP contribution in [0.4, 0.5) is 5.69 Å². The second kappa shape index (κ2) is 9.62. The van der Waals surface area contributed by atoms with Crippen LogP contribution in [0.15, 0.2) is 21.6 Å². The summed E-state index contributed by atoms with van der Waals surface area (Å²) in [6.45, 7) is 9.17. The monoisotopic (exact) mass is 411 g/mol. The number of carbonyl (C=O) groups is 1. The van der Waals surface area contributed by atoms with E-state index in [1.54, 1.807) is 19.2 Å². The molecule has 0 saturated heterocycles. The topological polar surface area (TPSA) is 78.0 Å². The number of anilines is 1. The van der Waals surface area contributed by atoms with Crippen LogP contribution in [0.5, 0.6) is 5.75 Å². The van der Waals surface area contributed by atoms with E-state index >= 15 is 0 Å². The lowest BCUT2D eigenvalue weighted by Crippen LogP contribution is -2.35. The van der Waals surface area contributed by atoms with Crippen molar-refractivity contribution in [3.05, 3.63) is 22.2 Å². The van der Waals surface area contributed by atoms with Gasteiger partial charge in [-0.3, -0.25) is 9.79 Å². The lowest BCUT2D eigenvalue weighted by atomic mass is 10.1. The van der Waals surface area contributed by atoms with Crippen LogP contribution in [0.2, 0.25) is 0 Å². The molecule has 1 aromatic rings. The molecule has 0 spiro atoms. The number of benzene rings is 1. The molecule has 0 aliphatic carbocycles. The van der Waals surface area contributed by atoms with E-state index in [-0.39, 0.29) is 5.91 Å². The van der Waals surface area contributed by atoms with Crippen molar-refractivity contribution >= 4 is 33.5 Å². The maximum atomic E-state index is 12.5. The van der Waals surface area contributed by atoms with Crippen molar-refractivity contribution in [2.45, 2.75) is 13.8 Å². The van der Waals surface area contributed by atoms with E-state index in [2.05, 4.69) is 55.6 Å². The summed E-state index contributed by atoms with van der Waals surface area (Å²) in [4.78, 5) is 19.1. The third-order valence-electron chi connectivity index (χ3n) is 4.07. The van der Waals surface area contributed by atoms with Gasteiger partial charge in [0.1, 0.15) is 5.75 Å². The fourth-order valence-corrected chi connectivity index (χ4v) is 3.01. The Morgan fingerprint density at radius 3 is 2.76 bits per heavy atom. The number of rotatable bonds is 8. The SMILES string of the molecule is CCN(CC)CCNC(=O)c1cc(Br)c(NC2=NCCN2)cc1OC. The summed E-state index contributed by atoms with van der Waals surface area (Å²) < 4.78 is 6.18. The molecule has 1 aliphatic heterocycles. The summed E-state index contributed by atoms with van der Waals surface area (Å²) in [5, 5.41) is 9.30. The molecule has 0 unspecified atom stereocenters. The predicted molar refractivity (Wildman–Crippen MR) is 105 cm³/mol. The first kappa shape index (κ1) is 19.5. The van der Waals surface area contributed by atoms with Gasteiger partial charge in [-0.15, -0.1) is 0 Å². The van der Waals surface area contributed by atoms with Crippen LogP contribution in [0.25, 0.3) is 0 Å². The van der Waals surface area contributed by atoms with Gasteiger partial charge in [0, 0.05) is 30.2 Å². The fourth-order valence-electron chi connectivity index (χ4n) is 2.57. The Morgan fingerprint density at radius 1 is 1.40 bits per heavy atom. The fraction of sp³-hybridized carbons (Fsp3) is 0.529. The van der Waals surface area contributed by atoms with E-state index in [9.17, 15) is 4.79 Å². The third kappa shape index (κ3) is 5.34. The average molecular weight is 412 g/mol. The highest BCUT2D eigenvalue weighted by molar-refractivity contribution is 9.10. The molecular formula is C17H26BrN5O2. The average Bonchev–Trinajstić information content (AvgIpc) is 3.13. The quantitative estimate of drug-likeness (QED) is 0.608. The minimum Gasteiger partial charge on any atom is -0.496 e. The van der Waals surface area contributed by atoms with E-state index in [1.165, 1.54) is 0 Å². The highest BCUT2D eigenvalue weighted by Gasteiger charge is 2.17. The minimum atomic E-state index is -0.146. The molecule has 1 aliphatic rings. The molecule has 25 heavy (non-hydrogen) atoms. The second-order valence-electron chi connectivity index (χ2n) is 5.60. The van der Waals surface area contributed by atoms with Crippen LogP contribution in [-0.4, -0.2) is 63.1 Å². The number of nitrogens with zero attached hydrogens (tertiary/aromatic N) is 2.